The second kappa shape index (κ2) is 5.03. The van der Waals surface area contributed by atoms with Gasteiger partial charge in [0.2, 0.25) is 5.78 Å². The van der Waals surface area contributed by atoms with Gasteiger partial charge in [-0.1, -0.05) is 6.07 Å². The Balaban J connectivity index is 1.66. The van der Waals surface area contributed by atoms with E-state index in [0.717, 1.165) is 5.69 Å². The maximum absolute atomic E-state index is 14.0. The molecule has 0 aliphatic rings. The van der Waals surface area contributed by atoms with Gasteiger partial charge in [-0.15, -0.1) is 0 Å². The third-order valence-electron chi connectivity index (χ3n) is 3.33. The minimum absolute atomic E-state index is 0.350. The van der Waals surface area contributed by atoms with Crippen molar-refractivity contribution >= 4 is 22.5 Å². The van der Waals surface area contributed by atoms with Crippen molar-refractivity contribution in [2.45, 2.75) is 6.54 Å². The fraction of sp³-hybridized carbons (Fsp3) is 0.0667. The van der Waals surface area contributed by atoms with Crippen molar-refractivity contribution in [3.63, 3.8) is 0 Å². The van der Waals surface area contributed by atoms with E-state index in [1.807, 2.05) is 22.9 Å². The van der Waals surface area contributed by atoms with E-state index in [2.05, 4.69) is 25.3 Å². The van der Waals surface area contributed by atoms with Crippen LogP contribution in [-0.4, -0.2) is 24.3 Å². The SMILES string of the molecule is Fc1cccc2ncnc(NCc3cn4cccnc4n3)c12. The van der Waals surface area contributed by atoms with Gasteiger partial charge in [0, 0.05) is 18.6 Å². The van der Waals surface area contributed by atoms with Crippen LogP contribution in [0.3, 0.4) is 0 Å². The molecule has 0 saturated heterocycles. The van der Waals surface area contributed by atoms with Gasteiger partial charge in [0.05, 0.1) is 23.1 Å². The van der Waals surface area contributed by atoms with E-state index in [9.17, 15) is 4.39 Å². The summed E-state index contributed by atoms with van der Waals surface area (Å²) in [4.78, 5) is 16.7. The van der Waals surface area contributed by atoms with Gasteiger partial charge in [-0.25, -0.2) is 24.3 Å². The van der Waals surface area contributed by atoms with Crippen molar-refractivity contribution in [2.24, 2.45) is 0 Å². The van der Waals surface area contributed by atoms with Crippen molar-refractivity contribution in [1.82, 2.24) is 24.3 Å². The van der Waals surface area contributed by atoms with Crippen molar-refractivity contribution < 1.29 is 4.39 Å². The van der Waals surface area contributed by atoms with E-state index >= 15 is 0 Å². The smallest absolute Gasteiger partial charge is 0.233 e. The Hall–Kier alpha value is -3.09. The lowest BCUT2D eigenvalue weighted by molar-refractivity contribution is 0.639. The molecule has 1 aromatic carbocycles. The summed E-state index contributed by atoms with van der Waals surface area (Å²) in [5, 5.41) is 3.49. The van der Waals surface area contributed by atoms with Crippen LogP contribution in [0.15, 0.2) is 49.2 Å². The molecule has 0 amide bonds. The highest BCUT2D eigenvalue weighted by atomic mass is 19.1. The minimum atomic E-state index is -0.350. The highest BCUT2D eigenvalue weighted by Gasteiger charge is 2.09. The normalized spacial score (nSPS) is 11.1. The van der Waals surface area contributed by atoms with E-state index in [4.69, 9.17) is 0 Å². The largest absolute Gasteiger partial charge is 0.364 e. The summed E-state index contributed by atoms with van der Waals surface area (Å²) in [5.41, 5.74) is 1.36. The first-order chi connectivity index (χ1) is 10.8. The van der Waals surface area contributed by atoms with Crippen molar-refractivity contribution in [2.75, 3.05) is 5.32 Å². The standard InChI is InChI=1S/C15H11FN6/c16-11-3-1-4-12-13(11)14(20-9-19-12)18-7-10-8-22-6-2-5-17-15(22)21-10/h1-6,8-9H,7H2,(H,18,19,20). The summed E-state index contributed by atoms with van der Waals surface area (Å²) in [7, 11) is 0. The predicted octanol–water partition coefficient (Wildman–Crippen LogP) is 2.42. The second-order valence-corrected chi connectivity index (χ2v) is 4.77. The molecular weight excluding hydrogens is 283 g/mol. The molecule has 0 spiro atoms. The average Bonchev–Trinajstić information content (AvgIpc) is 2.96. The Morgan fingerprint density at radius 3 is 3.00 bits per heavy atom. The van der Waals surface area contributed by atoms with Gasteiger partial charge in [0.1, 0.15) is 18.0 Å². The molecule has 0 bridgehead atoms. The number of imidazole rings is 1. The van der Waals surface area contributed by atoms with E-state index in [0.29, 0.717) is 29.0 Å². The molecule has 0 radical (unpaired) electrons. The Bertz CT molecular complexity index is 926. The summed E-state index contributed by atoms with van der Waals surface area (Å²) in [6.45, 7) is 0.420. The molecule has 3 aromatic heterocycles. The minimum Gasteiger partial charge on any atom is -0.364 e. The number of anilines is 1. The van der Waals surface area contributed by atoms with E-state index in [1.54, 1.807) is 18.3 Å². The zero-order valence-electron chi connectivity index (χ0n) is 11.4. The molecule has 6 nitrogen and oxygen atoms in total. The highest BCUT2D eigenvalue weighted by Crippen LogP contribution is 2.22. The molecular formula is C15H11FN6. The fourth-order valence-corrected chi connectivity index (χ4v) is 2.34. The quantitative estimate of drug-likeness (QED) is 0.628. The number of nitrogens with one attached hydrogen (secondary N) is 1. The maximum Gasteiger partial charge on any atom is 0.233 e. The molecule has 4 rings (SSSR count). The number of aromatic nitrogens is 5. The monoisotopic (exact) mass is 294 g/mol. The van der Waals surface area contributed by atoms with Crippen LogP contribution in [0, 0.1) is 5.82 Å². The van der Waals surface area contributed by atoms with Gasteiger partial charge in [-0.2, -0.15) is 0 Å². The lowest BCUT2D eigenvalue weighted by Gasteiger charge is -2.07. The van der Waals surface area contributed by atoms with Crippen molar-refractivity contribution in [1.29, 1.82) is 0 Å². The number of fused-ring (bicyclic) bond motifs is 2. The van der Waals surface area contributed by atoms with E-state index in [-0.39, 0.29) is 5.82 Å². The number of hydrogen-bond acceptors (Lipinski definition) is 5. The fourth-order valence-electron chi connectivity index (χ4n) is 2.34. The molecule has 1 N–H and O–H groups in total. The molecule has 0 atom stereocenters. The summed E-state index contributed by atoms with van der Waals surface area (Å²) >= 11 is 0. The molecule has 0 aliphatic carbocycles. The molecule has 0 saturated carbocycles. The lowest BCUT2D eigenvalue weighted by Crippen LogP contribution is -2.03. The molecule has 7 heteroatoms. The van der Waals surface area contributed by atoms with Crippen LogP contribution in [0.1, 0.15) is 5.69 Å². The van der Waals surface area contributed by atoms with Crippen LogP contribution in [0.25, 0.3) is 16.7 Å². The number of benzene rings is 1. The lowest BCUT2D eigenvalue weighted by atomic mass is 10.2. The molecule has 4 aromatic rings. The van der Waals surface area contributed by atoms with E-state index < -0.39 is 0 Å². The van der Waals surface area contributed by atoms with Crippen molar-refractivity contribution in [3.8, 4) is 0 Å². The topological polar surface area (TPSA) is 68.0 Å². The molecule has 0 fully saturated rings. The summed E-state index contributed by atoms with van der Waals surface area (Å²) in [6.07, 6.45) is 6.84. The zero-order chi connectivity index (χ0) is 14.9. The van der Waals surface area contributed by atoms with E-state index in [1.165, 1.54) is 12.4 Å². The molecule has 0 aliphatic heterocycles. The third-order valence-corrected chi connectivity index (χ3v) is 3.33. The average molecular weight is 294 g/mol. The molecule has 0 unspecified atom stereocenters. The van der Waals surface area contributed by atoms with Crippen LogP contribution < -0.4 is 5.32 Å². The molecule has 22 heavy (non-hydrogen) atoms. The van der Waals surface area contributed by atoms with Crippen LogP contribution in [-0.2, 0) is 6.54 Å². The third kappa shape index (κ3) is 2.12. The van der Waals surface area contributed by atoms with Crippen molar-refractivity contribution in [3.05, 3.63) is 60.7 Å². The van der Waals surface area contributed by atoms with Gasteiger partial charge in [-0.3, -0.25) is 4.40 Å². The van der Waals surface area contributed by atoms with Gasteiger partial charge in [-0.05, 0) is 18.2 Å². The summed E-state index contributed by atoms with van der Waals surface area (Å²) in [6, 6.07) is 6.60. The van der Waals surface area contributed by atoms with Gasteiger partial charge >= 0.3 is 0 Å². The van der Waals surface area contributed by atoms with Gasteiger partial charge in [0.25, 0.3) is 0 Å². The van der Waals surface area contributed by atoms with Crippen LogP contribution >= 0.6 is 0 Å². The maximum atomic E-state index is 14.0. The Morgan fingerprint density at radius 2 is 2.09 bits per heavy atom. The van der Waals surface area contributed by atoms with Crippen LogP contribution in [0.2, 0.25) is 0 Å². The first-order valence-corrected chi connectivity index (χ1v) is 6.73. The Kier molecular flexibility index (Phi) is 2.89. The molecule has 3 heterocycles. The highest BCUT2D eigenvalue weighted by molar-refractivity contribution is 5.89. The number of nitrogens with zero attached hydrogens (tertiary/aromatic N) is 5. The number of rotatable bonds is 3. The Labute approximate surface area is 124 Å². The predicted molar refractivity (Wildman–Crippen MR) is 79.8 cm³/mol. The zero-order valence-corrected chi connectivity index (χ0v) is 11.4. The van der Waals surface area contributed by atoms with Crippen LogP contribution in [0.4, 0.5) is 10.2 Å². The second-order valence-electron chi connectivity index (χ2n) is 4.77. The Morgan fingerprint density at radius 1 is 1.14 bits per heavy atom. The number of halogens is 1. The first kappa shape index (κ1) is 12.6. The first-order valence-electron chi connectivity index (χ1n) is 6.73. The number of hydrogen-bond donors (Lipinski definition) is 1. The summed E-state index contributed by atoms with van der Waals surface area (Å²) in [5.74, 6) is 0.725. The molecule has 108 valence electrons. The summed E-state index contributed by atoms with van der Waals surface area (Å²) < 4.78 is 15.8. The van der Waals surface area contributed by atoms with Crippen LogP contribution in [0.5, 0.6) is 0 Å². The van der Waals surface area contributed by atoms with Gasteiger partial charge in [0.15, 0.2) is 0 Å². The van der Waals surface area contributed by atoms with Gasteiger partial charge < -0.3 is 5.32 Å².